The lowest BCUT2D eigenvalue weighted by molar-refractivity contribution is 0.377. The van der Waals surface area contributed by atoms with E-state index in [4.69, 9.17) is 4.52 Å². The third-order valence-corrected chi connectivity index (χ3v) is 4.63. The molecule has 8 heteroatoms. The lowest BCUT2D eigenvalue weighted by atomic mass is 10.2. The predicted octanol–water partition coefficient (Wildman–Crippen LogP) is -0.716. The van der Waals surface area contributed by atoms with Gasteiger partial charge in [-0.2, -0.15) is 4.98 Å². The molecule has 1 aliphatic rings. The smallest absolute Gasteiger partial charge is 0.227 e. The monoisotopic (exact) mass is 260 g/mol. The predicted molar refractivity (Wildman–Crippen MR) is 60.8 cm³/mol. The maximum absolute atomic E-state index is 11.9. The number of hydrogen-bond donors (Lipinski definition) is 2. The molecule has 1 fully saturated rings. The molecule has 1 aromatic heterocycles. The fourth-order valence-corrected chi connectivity index (χ4v) is 3.25. The van der Waals surface area contributed by atoms with Crippen LogP contribution in [0.4, 0.5) is 0 Å². The number of rotatable bonds is 5. The summed E-state index contributed by atoms with van der Waals surface area (Å²) in [5.41, 5.74) is 0. The standard InChI is InChI=1S/C9H16N4O3S/c14-17(15,8-2-1-4-10-6-8)13-5-3-9-11-7-12-16-9/h7-8,10,13H,1-6H2. The van der Waals surface area contributed by atoms with Gasteiger partial charge in [0.05, 0.1) is 5.25 Å². The fraction of sp³-hybridized carbons (Fsp3) is 0.778. The van der Waals surface area contributed by atoms with Gasteiger partial charge in [0.25, 0.3) is 0 Å². The molecule has 7 nitrogen and oxygen atoms in total. The average Bonchev–Trinajstić information content (AvgIpc) is 2.83. The Morgan fingerprint density at radius 1 is 1.59 bits per heavy atom. The second-order valence-corrected chi connectivity index (χ2v) is 6.04. The minimum absolute atomic E-state index is 0.293. The molecule has 17 heavy (non-hydrogen) atoms. The second-order valence-electron chi connectivity index (χ2n) is 3.99. The van der Waals surface area contributed by atoms with Crippen molar-refractivity contribution in [2.45, 2.75) is 24.5 Å². The summed E-state index contributed by atoms with van der Waals surface area (Å²) in [4.78, 5) is 3.82. The highest BCUT2D eigenvalue weighted by Crippen LogP contribution is 2.10. The van der Waals surface area contributed by atoms with Gasteiger partial charge in [0.2, 0.25) is 15.9 Å². The topological polar surface area (TPSA) is 97.1 Å². The van der Waals surface area contributed by atoms with E-state index in [1.165, 1.54) is 6.33 Å². The van der Waals surface area contributed by atoms with Crippen LogP contribution in [0.2, 0.25) is 0 Å². The summed E-state index contributed by atoms with van der Waals surface area (Å²) in [5.74, 6) is 0.439. The largest absolute Gasteiger partial charge is 0.340 e. The van der Waals surface area contributed by atoms with Crippen LogP contribution in [0.3, 0.4) is 0 Å². The van der Waals surface area contributed by atoms with Gasteiger partial charge >= 0.3 is 0 Å². The Morgan fingerprint density at radius 3 is 3.12 bits per heavy atom. The molecule has 0 aliphatic carbocycles. The van der Waals surface area contributed by atoms with Gasteiger partial charge in [-0.25, -0.2) is 13.1 Å². The minimum atomic E-state index is -3.24. The molecule has 2 heterocycles. The molecule has 96 valence electrons. The Hall–Kier alpha value is -0.990. The van der Waals surface area contributed by atoms with Crippen LogP contribution in [0.15, 0.2) is 10.9 Å². The molecule has 1 unspecified atom stereocenters. The molecule has 0 saturated carbocycles. The van der Waals surface area contributed by atoms with E-state index in [0.29, 0.717) is 31.8 Å². The van der Waals surface area contributed by atoms with Crippen molar-refractivity contribution in [2.75, 3.05) is 19.6 Å². The Morgan fingerprint density at radius 2 is 2.47 bits per heavy atom. The van der Waals surface area contributed by atoms with Gasteiger partial charge in [0, 0.05) is 19.5 Å². The van der Waals surface area contributed by atoms with Gasteiger partial charge in [-0.05, 0) is 19.4 Å². The van der Waals surface area contributed by atoms with E-state index in [2.05, 4.69) is 20.2 Å². The van der Waals surface area contributed by atoms with Gasteiger partial charge in [-0.3, -0.25) is 0 Å². The van der Waals surface area contributed by atoms with Crippen molar-refractivity contribution in [3.8, 4) is 0 Å². The first-order chi connectivity index (χ1) is 8.18. The van der Waals surface area contributed by atoms with Crippen LogP contribution in [0, 0.1) is 0 Å². The number of sulfonamides is 1. The number of nitrogens with one attached hydrogen (secondary N) is 2. The van der Waals surface area contributed by atoms with E-state index in [-0.39, 0.29) is 5.25 Å². The zero-order chi connectivity index (χ0) is 12.1. The SMILES string of the molecule is O=S(=O)(NCCc1ncno1)C1CCCNC1. The summed E-state index contributed by atoms with van der Waals surface area (Å²) >= 11 is 0. The Bertz CT molecular complexity index is 425. The van der Waals surface area contributed by atoms with E-state index in [1.807, 2.05) is 0 Å². The summed E-state index contributed by atoms with van der Waals surface area (Å²) in [6, 6.07) is 0. The third-order valence-electron chi connectivity index (χ3n) is 2.74. The zero-order valence-corrected chi connectivity index (χ0v) is 10.2. The van der Waals surface area contributed by atoms with E-state index in [9.17, 15) is 8.42 Å². The highest BCUT2D eigenvalue weighted by molar-refractivity contribution is 7.90. The molecule has 0 aromatic carbocycles. The van der Waals surface area contributed by atoms with Crippen molar-refractivity contribution in [1.29, 1.82) is 0 Å². The average molecular weight is 260 g/mol. The summed E-state index contributed by atoms with van der Waals surface area (Å²) in [5, 5.41) is 6.20. The minimum Gasteiger partial charge on any atom is -0.340 e. The molecular weight excluding hydrogens is 244 g/mol. The van der Waals surface area contributed by atoms with Crippen LogP contribution in [-0.2, 0) is 16.4 Å². The fourth-order valence-electron chi connectivity index (χ4n) is 1.81. The van der Waals surface area contributed by atoms with Crippen molar-refractivity contribution in [1.82, 2.24) is 20.2 Å². The Labute approximate surface area is 100 Å². The number of nitrogens with zero attached hydrogens (tertiary/aromatic N) is 2. The quantitative estimate of drug-likeness (QED) is 0.725. The van der Waals surface area contributed by atoms with Crippen molar-refractivity contribution >= 4 is 10.0 Å². The molecule has 0 spiro atoms. The first-order valence-electron chi connectivity index (χ1n) is 5.63. The molecule has 1 aromatic rings. The van der Waals surface area contributed by atoms with Crippen molar-refractivity contribution < 1.29 is 12.9 Å². The van der Waals surface area contributed by atoms with Crippen LogP contribution >= 0.6 is 0 Å². The summed E-state index contributed by atoms with van der Waals surface area (Å²) in [6.45, 7) is 1.71. The van der Waals surface area contributed by atoms with E-state index in [1.54, 1.807) is 0 Å². The van der Waals surface area contributed by atoms with E-state index < -0.39 is 10.0 Å². The Balaban J connectivity index is 1.80. The van der Waals surface area contributed by atoms with Crippen LogP contribution < -0.4 is 10.0 Å². The molecule has 0 amide bonds. The number of hydrogen-bond acceptors (Lipinski definition) is 6. The first-order valence-corrected chi connectivity index (χ1v) is 7.18. The van der Waals surface area contributed by atoms with Crippen LogP contribution in [-0.4, -0.2) is 43.4 Å². The molecule has 1 atom stereocenters. The van der Waals surface area contributed by atoms with Gasteiger partial charge in [0.1, 0.15) is 0 Å². The normalized spacial score (nSPS) is 21.5. The molecule has 2 rings (SSSR count). The molecule has 0 bridgehead atoms. The van der Waals surface area contributed by atoms with Crippen molar-refractivity contribution in [2.24, 2.45) is 0 Å². The molecule has 1 saturated heterocycles. The van der Waals surface area contributed by atoms with Gasteiger partial charge in [0.15, 0.2) is 6.33 Å². The second kappa shape index (κ2) is 5.56. The Kier molecular flexibility index (Phi) is 4.08. The van der Waals surface area contributed by atoms with Crippen LogP contribution in [0.1, 0.15) is 18.7 Å². The van der Waals surface area contributed by atoms with E-state index in [0.717, 1.165) is 13.0 Å². The lowest BCUT2D eigenvalue weighted by Gasteiger charge is -2.22. The van der Waals surface area contributed by atoms with Crippen LogP contribution in [0.5, 0.6) is 0 Å². The molecule has 2 N–H and O–H groups in total. The zero-order valence-electron chi connectivity index (χ0n) is 9.42. The maximum Gasteiger partial charge on any atom is 0.227 e. The van der Waals surface area contributed by atoms with E-state index >= 15 is 0 Å². The van der Waals surface area contributed by atoms with Gasteiger partial charge < -0.3 is 9.84 Å². The summed E-state index contributed by atoms with van der Waals surface area (Å²) < 4.78 is 31.1. The highest BCUT2D eigenvalue weighted by atomic mass is 32.2. The van der Waals surface area contributed by atoms with Gasteiger partial charge in [-0.15, -0.1) is 0 Å². The van der Waals surface area contributed by atoms with Gasteiger partial charge in [-0.1, -0.05) is 5.16 Å². The summed E-state index contributed by atoms with van der Waals surface area (Å²) in [6.07, 6.45) is 3.33. The highest BCUT2D eigenvalue weighted by Gasteiger charge is 2.26. The molecule has 1 aliphatic heterocycles. The first kappa shape index (κ1) is 12.5. The lowest BCUT2D eigenvalue weighted by Crippen LogP contribution is -2.44. The molecule has 0 radical (unpaired) electrons. The van der Waals surface area contributed by atoms with Crippen LogP contribution in [0.25, 0.3) is 0 Å². The molecular formula is C9H16N4O3S. The number of piperidine rings is 1. The summed E-state index contributed by atoms with van der Waals surface area (Å²) in [7, 11) is -3.24. The van der Waals surface area contributed by atoms with Crippen molar-refractivity contribution in [3.05, 3.63) is 12.2 Å². The van der Waals surface area contributed by atoms with Crippen molar-refractivity contribution in [3.63, 3.8) is 0 Å². The third kappa shape index (κ3) is 3.48. The maximum atomic E-state index is 11.9. The number of aromatic nitrogens is 2.